The van der Waals surface area contributed by atoms with Crippen molar-refractivity contribution in [2.24, 2.45) is 0 Å². The lowest BCUT2D eigenvalue weighted by Crippen LogP contribution is -2.34. The van der Waals surface area contributed by atoms with Gasteiger partial charge in [-0.1, -0.05) is 30.3 Å². The Kier molecular flexibility index (Phi) is 3.91. The van der Waals surface area contributed by atoms with Gasteiger partial charge in [-0.05, 0) is 42.7 Å². The molecule has 1 aliphatic rings. The van der Waals surface area contributed by atoms with Gasteiger partial charge >= 0.3 is 0 Å². The van der Waals surface area contributed by atoms with Crippen molar-refractivity contribution in [3.05, 3.63) is 59.7 Å². The van der Waals surface area contributed by atoms with Crippen LogP contribution in [0.5, 0.6) is 0 Å². The van der Waals surface area contributed by atoms with Crippen LogP contribution in [0.2, 0.25) is 0 Å². The Hall–Kier alpha value is -2.29. The zero-order chi connectivity index (χ0) is 14.7. The third-order valence-corrected chi connectivity index (χ3v) is 3.84. The van der Waals surface area contributed by atoms with Gasteiger partial charge in [0.2, 0.25) is 5.91 Å². The van der Waals surface area contributed by atoms with Gasteiger partial charge in [-0.3, -0.25) is 4.79 Å². The van der Waals surface area contributed by atoms with Crippen molar-refractivity contribution in [1.82, 2.24) is 0 Å². The summed E-state index contributed by atoms with van der Waals surface area (Å²) >= 11 is 0. The SMILES string of the molecule is CCNc1ccc2c(c1)CCC(=O)N2Cc1ccccc1. The predicted molar refractivity (Wildman–Crippen MR) is 86.6 cm³/mol. The number of rotatable bonds is 4. The first-order chi connectivity index (χ1) is 10.3. The first-order valence-electron chi connectivity index (χ1n) is 7.49. The van der Waals surface area contributed by atoms with E-state index in [9.17, 15) is 4.79 Å². The summed E-state index contributed by atoms with van der Waals surface area (Å²) in [5.74, 6) is 0.211. The van der Waals surface area contributed by atoms with Crippen LogP contribution in [0.1, 0.15) is 24.5 Å². The molecule has 0 aliphatic carbocycles. The summed E-state index contributed by atoms with van der Waals surface area (Å²) in [7, 11) is 0. The smallest absolute Gasteiger partial charge is 0.227 e. The number of nitrogens with one attached hydrogen (secondary N) is 1. The van der Waals surface area contributed by atoms with Crippen LogP contribution < -0.4 is 10.2 Å². The van der Waals surface area contributed by atoms with Crippen LogP contribution in [0.3, 0.4) is 0 Å². The Labute approximate surface area is 125 Å². The van der Waals surface area contributed by atoms with Gasteiger partial charge in [0.15, 0.2) is 0 Å². The summed E-state index contributed by atoms with van der Waals surface area (Å²) < 4.78 is 0. The van der Waals surface area contributed by atoms with Gasteiger partial charge in [0.1, 0.15) is 0 Å². The van der Waals surface area contributed by atoms with E-state index in [0.717, 1.165) is 29.9 Å². The predicted octanol–water partition coefficient (Wildman–Crippen LogP) is 3.60. The molecule has 0 atom stereocenters. The Bertz CT molecular complexity index is 637. The molecule has 0 radical (unpaired) electrons. The van der Waals surface area contributed by atoms with E-state index in [-0.39, 0.29) is 5.91 Å². The van der Waals surface area contributed by atoms with Gasteiger partial charge in [-0.25, -0.2) is 0 Å². The second-order valence-electron chi connectivity index (χ2n) is 5.34. The number of anilines is 2. The number of aryl methyl sites for hydroxylation is 1. The lowest BCUT2D eigenvalue weighted by atomic mass is 9.99. The fourth-order valence-electron chi connectivity index (χ4n) is 2.81. The molecule has 3 heteroatoms. The van der Waals surface area contributed by atoms with Gasteiger partial charge < -0.3 is 10.2 Å². The highest BCUT2D eigenvalue weighted by atomic mass is 16.2. The molecule has 1 amide bonds. The van der Waals surface area contributed by atoms with Crippen molar-refractivity contribution in [3.63, 3.8) is 0 Å². The summed E-state index contributed by atoms with van der Waals surface area (Å²) in [5, 5.41) is 3.33. The topological polar surface area (TPSA) is 32.3 Å². The van der Waals surface area contributed by atoms with E-state index in [1.807, 2.05) is 23.1 Å². The molecule has 0 saturated heterocycles. The molecule has 0 unspecified atom stereocenters. The Morgan fingerprint density at radius 3 is 2.67 bits per heavy atom. The van der Waals surface area contributed by atoms with E-state index in [0.29, 0.717) is 13.0 Å². The van der Waals surface area contributed by atoms with Crippen molar-refractivity contribution < 1.29 is 4.79 Å². The number of carbonyl (C=O) groups excluding carboxylic acids is 1. The second kappa shape index (κ2) is 6.00. The van der Waals surface area contributed by atoms with Gasteiger partial charge in [0.25, 0.3) is 0 Å². The number of amides is 1. The number of benzene rings is 2. The molecule has 2 aromatic carbocycles. The van der Waals surface area contributed by atoms with Gasteiger partial charge in [-0.2, -0.15) is 0 Å². The zero-order valence-electron chi connectivity index (χ0n) is 12.3. The number of nitrogens with zero attached hydrogens (tertiary/aromatic N) is 1. The minimum absolute atomic E-state index is 0.211. The van der Waals surface area contributed by atoms with Gasteiger partial charge in [0, 0.05) is 24.3 Å². The zero-order valence-corrected chi connectivity index (χ0v) is 12.3. The fraction of sp³-hybridized carbons (Fsp3) is 0.278. The first kappa shape index (κ1) is 13.7. The number of hydrogen-bond donors (Lipinski definition) is 1. The Morgan fingerprint density at radius 2 is 1.90 bits per heavy atom. The van der Waals surface area contributed by atoms with Crippen molar-refractivity contribution in [1.29, 1.82) is 0 Å². The molecule has 0 aromatic heterocycles. The van der Waals surface area contributed by atoms with E-state index in [1.165, 1.54) is 5.56 Å². The molecule has 3 rings (SSSR count). The highest BCUT2D eigenvalue weighted by Crippen LogP contribution is 2.31. The van der Waals surface area contributed by atoms with Crippen LogP contribution in [0.15, 0.2) is 48.5 Å². The highest BCUT2D eigenvalue weighted by Gasteiger charge is 2.24. The molecule has 0 bridgehead atoms. The summed E-state index contributed by atoms with van der Waals surface area (Å²) in [6.45, 7) is 3.64. The lowest BCUT2D eigenvalue weighted by molar-refractivity contribution is -0.119. The Balaban J connectivity index is 1.90. The molecule has 21 heavy (non-hydrogen) atoms. The molecule has 0 spiro atoms. The molecular weight excluding hydrogens is 260 g/mol. The molecule has 2 aromatic rings. The fourth-order valence-corrected chi connectivity index (χ4v) is 2.81. The molecule has 1 aliphatic heterocycles. The second-order valence-corrected chi connectivity index (χ2v) is 5.34. The van der Waals surface area contributed by atoms with E-state index in [1.54, 1.807) is 0 Å². The lowest BCUT2D eigenvalue weighted by Gasteiger charge is -2.30. The number of fused-ring (bicyclic) bond motifs is 1. The van der Waals surface area contributed by atoms with E-state index in [2.05, 4.69) is 42.6 Å². The Morgan fingerprint density at radius 1 is 1.10 bits per heavy atom. The van der Waals surface area contributed by atoms with Crippen LogP contribution in [-0.4, -0.2) is 12.5 Å². The minimum atomic E-state index is 0.211. The largest absolute Gasteiger partial charge is 0.385 e. The molecule has 3 nitrogen and oxygen atoms in total. The maximum Gasteiger partial charge on any atom is 0.227 e. The quantitative estimate of drug-likeness (QED) is 0.928. The standard InChI is InChI=1S/C18H20N2O/c1-2-19-16-9-10-17-15(12-16)8-11-18(21)20(17)13-14-6-4-3-5-7-14/h3-7,9-10,12,19H,2,8,11,13H2,1H3. The van der Waals surface area contributed by atoms with Crippen molar-refractivity contribution in [2.75, 3.05) is 16.8 Å². The maximum absolute atomic E-state index is 12.3. The third kappa shape index (κ3) is 2.92. The minimum Gasteiger partial charge on any atom is -0.385 e. The first-order valence-corrected chi connectivity index (χ1v) is 7.49. The average molecular weight is 280 g/mol. The van der Waals surface area contributed by atoms with E-state index >= 15 is 0 Å². The summed E-state index contributed by atoms with van der Waals surface area (Å²) in [5.41, 5.74) is 4.60. The molecular formula is C18H20N2O. The molecule has 0 fully saturated rings. The van der Waals surface area contributed by atoms with Crippen LogP contribution in [0.25, 0.3) is 0 Å². The molecule has 108 valence electrons. The molecule has 1 N–H and O–H groups in total. The van der Waals surface area contributed by atoms with Crippen LogP contribution >= 0.6 is 0 Å². The number of carbonyl (C=O) groups is 1. The van der Waals surface area contributed by atoms with Crippen LogP contribution in [-0.2, 0) is 17.8 Å². The van der Waals surface area contributed by atoms with E-state index in [4.69, 9.17) is 0 Å². The molecule has 1 heterocycles. The summed E-state index contributed by atoms with van der Waals surface area (Å²) in [4.78, 5) is 14.2. The summed E-state index contributed by atoms with van der Waals surface area (Å²) in [6, 6.07) is 16.4. The molecule has 0 saturated carbocycles. The van der Waals surface area contributed by atoms with Crippen molar-refractivity contribution >= 4 is 17.3 Å². The van der Waals surface area contributed by atoms with Gasteiger partial charge in [0.05, 0.1) is 6.54 Å². The number of hydrogen-bond acceptors (Lipinski definition) is 2. The normalized spacial score (nSPS) is 14.0. The highest BCUT2D eigenvalue weighted by molar-refractivity contribution is 5.96. The average Bonchev–Trinajstić information content (AvgIpc) is 2.51. The van der Waals surface area contributed by atoms with Crippen LogP contribution in [0, 0.1) is 0 Å². The summed E-state index contributed by atoms with van der Waals surface area (Å²) in [6.07, 6.45) is 1.42. The third-order valence-electron chi connectivity index (χ3n) is 3.84. The van der Waals surface area contributed by atoms with Crippen molar-refractivity contribution in [3.8, 4) is 0 Å². The maximum atomic E-state index is 12.3. The monoisotopic (exact) mass is 280 g/mol. The van der Waals surface area contributed by atoms with Crippen molar-refractivity contribution in [2.45, 2.75) is 26.3 Å². The van der Waals surface area contributed by atoms with E-state index < -0.39 is 0 Å². The van der Waals surface area contributed by atoms with Gasteiger partial charge in [-0.15, -0.1) is 0 Å². The van der Waals surface area contributed by atoms with Crippen LogP contribution in [0.4, 0.5) is 11.4 Å².